The zero-order valence-corrected chi connectivity index (χ0v) is 14.9. The highest BCUT2D eigenvalue weighted by Crippen LogP contribution is 2.31. The van der Waals surface area contributed by atoms with Crippen molar-refractivity contribution in [1.82, 2.24) is 19.9 Å². The third kappa shape index (κ3) is 4.47. The third-order valence-corrected chi connectivity index (χ3v) is 4.37. The van der Waals surface area contributed by atoms with E-state index in [4.69, 9.17) is 5.73 Å². The Morgan fingerprint density at radius 2 is 2.17 bits per heavy atom. The third-order valence-electron chi connectivity index (χ3n) is 4.37. The van der Waals surface area contributed by atoms with Gasteiger partial charge in [0, 0.05) is 36.6 Å². The minimum absolute atomic E-state index is 0. The lowest BCUT2D eigenvalue weighted by Gasteiger charge is -2.18. The van der Waals surface area contributed by atoms with Crippen LogP contribution in [-0.2, 0) is 11.3 Å². The molecule has 6 nitrogen and oxygen atoms in total. The summed E-state index contributed by atoms with van der Waals surface area (Å²) < 4.78 is 1.85. The minimum atomic E-state index is 0. The van der Waals surface area contributed by atoms with Crippen LogP contribution < -0.4 is 11.1 Å². The molecular formula is C16H23Cl2N5O. The first-order valence-corrected chi connectivity index (χ1v) is 7.69. The van der Waals surface area contributed by atoms with Crippen molar-refractivity contribution < 1.29 is 4.79 Å². The molecule has 0 aromatic carbocycles. The standard InChI is InChI=1S/C16H21N5O.2ClH/c17-9-12-3-1-5-14(12)16(22)20-10-13-4-2-6-19-15(13)21-8-7-18-11-21;;/h2,4,6-8,11-12,14H,1,3,5,9-10,17H2,(H,20,22);2*1H/t12-,14-;;/m1../s1. The van der Waals surface area contributed by atoms with Gasteiger partial charge in [0.15, 0.2) is 0 Å². The van der Waals surface area contributed by atoms with E-state index in [2.05, 4.69) is 15.3 Å². The van der Waals surface area contributed by atoms with E-state index in [1.165, 1.54) is 0 Å². The number of aromatic nitrogens is 3. The lowest BCUT2D eigenvalue weighted by atomic mass is 9.95. The van der Waals surface area contributed by atoms with E-state index in [0.717, 1.165) is 30.6 Å². The van der Waals surface area contributed by atoms with Gasteiger partial charge in [-0.1, -0.05) is 12.5 Å². The Hall–Kier alpha value is -1.63. The summed E-state index contributed by atoms with van der Waals surface area (Å²) in [5.74, 6) is 1.27. The molecule has 132 valence electrons. The molecular weight excluding hydrogens is 349 g/mol. The van der Waals surface area contributed by atoms with Gasteiger partial charge in [0.2, 0.25) is 5.91 Å². The predicted molar refractivity (Wildman–Crippen MR) is 97.6 cm³/mol. The van der Waals surface area contributed by atoms with Gasteiger partial charge in [-0.15, -0.1) is 24.8 Å². The number of hydrogen-bond acceptors (Lipinski definition) is 4. The Labute approximate surface area is 154 Å². The molecule has 1 aliphatic rings. The quantitative estimate of drug-likeness (QED) is 0.842. The molecule has 8 heteroatoms. The maximum Gasteiger partial charge on any atom is 0.223 e. The van der Waals surface area contributed by atoms with Crippen molar-refractivity contribution >= 4 is 30.7 Å². The zero-order valence-electron chi connectivity index (χ0n) is 13.3. The fourth-order valence-corrected chi connectivity index (χ4v) is 3.16. The summed E-state index contributed by atoms with van der Waals surface area (Å²) in [5, 5.41) is 3.04. The minimum Gasteiger partial charge on any atom is -0.352 e. The first kappa shape index (κ1) is 20.4. The zero-order chi connectivity index (χ0) is 15.4. The van der Waals surface area contributed by atoms with Gasteiger partial charge in [-0.05, 0) is 31.4 Å². The second-order valence-corrected chi connectivity index (χ2v) is 5.71. The number of rotatable bonds is 5. The summed E-state index contributed by atoms with van der Waals surface area (Å²) in [6, 6.07) is 3.85. The molecule has 0 spiro atoms. The summed E-state index contributed by atoms with van der Waals surface area (Å²) in [7, 11) is 0. The number of amides is 1. The highest BCUT2D eigenvalue weighted by atomic mass is 35.5. The molecule has 1 fully saturated rings. The van der Waals surface area contributed by atoms with Crippen LogP contribution >= 0.6 is 24.8 Å². The van der Waals surface area contributed by atoms with Crippen molar-refractivity contribution in [3.63, 3.8) is 0 Å². The molecule has 1 aliphatic carbocycles. The van der Waals surface area contributed by atoms with Crippen molar-refractivity contribution in [3.8, 4) is 5.82 Å². The number of imidazole rings is 1. The highest BCUT2D eigenvalue weighted by molar-refractivity contribution is 5.85. The molecule has 2 aromatic heterocycles. The average molecular weight is 372 g/mol. The van der Waals surface area contributed by atoms with Crippen molar-refractivity contribution in [3.05, 3.63) is 42.6 Å². The Bertz CT molecular complexity index is 635. The van der Waals surface area contributed by atoms with Gasteiger partial charge in [0.05, 0.1) is 0 Å². The first-order chi connectivity index (χ1) is 10.8. The van der Waals surface area contributed by atoms with Crippen LogP contribution in [0.3, 0.4) is 0 Å². The summed E-state index contributed by atoms with van der Waals surface area (Å²) in [6.07, 6.45) is 10.1. The number of carbonyl (C=O) groups is 1. The van der Waals surface area contributed by atoms with Gasteiger partial charge < -0.3 is 11.1 Å². The number of nitrogens with one attached hydrogen (secondary N) is 1. The monoisotopic (exact) mass is 371 g/mol. The maximum absolute atomic E-state index is 12.4. The van der Waals surface area contributed by atoms with Crippen molar-refractivity contribution in [2.24, 2.45) is 17.6 Å². The number of carbonyl (C=O) groups excluding carboxylic acids is 1. The van der Waals surface area contributed by atoms with Gasteiger partial charge in [-0.3, -0.25) is 9.36 Å². The van der Waals surface area contributed by atoms with Crippen molar-refractivity contribution in [2.45, 2.75) is 25.8 Å². The van der Waals surface area contributed by atoms with Crippen LogP contribution in [0, 0.1) is 11.8 Å². The lowest BCUT2D eigenvalue weighted by molar-refractivity contribution is -0.126. The van der Waals surface area contributed by atoms with Crippen LogP contribution in [0.2, 0.25) is 0 Å². The topological polar surface area (TPSA) is 85.8 Å². The number of hydrogen-bond donors (Lipinski definition) is 2. The lowest BCUT2D eigenvalue weighted by Crippen LogP contribution is -2.34. The number of nitrogens with two attached hydrogens (primary N) is 1. The van der Waals surface area contributed by atoms with Crippen LogP contribution in [-0.4, -0.2) is 27.0 Å². The van der Waals surface area contributed by atoms with Gasteiger partial charge in [0.1, 0.15) is 12.1 Å². The summed E-state index contributed by atoms with van der Waals surface area (Å²) in [6.45, 7) is 1.05. The van der Waals surface area contributed by atoms with Crippen LogP contribution in [0.15, 0.2) is 37.1 Å². The number of nitrogens with zero attached hydrogens (tertiary/aromatic N) is 3. The molecule has 24 heavy (non-hydrogen) atoms. The van der Waals surface area contributed by atoms with Crippen LogP contribution in [0.25, 0.3) is 5.82 Å². The fraction of sp³-hybridized carbons (Fsp3) is 0.438. The van der Waals surface area contributed by atoms with E-state index in [0.29, 0.717) is 19.0 Å². The van der Waals surface area contributed by atoms with E-state index in [9.17, 15) is 4.79 Å². The normalized spacial score (nSPS) is 19.2. The van der Waals surface area contributed by atoms with Crippen LogP contribution in [0.1, 0.15) is 24.8 Å². The molecule has 0 bridgehead atoms. The van der Waals surface area contributed by atoms with E-state index in [-0.39, 0.29) is 36.6 Å². The van der Waals surface area contributed by atoms with Crippen molar-refractivity contribution in [1.29, 1.82) is 0 Å². The average Bonchev–Trinajstić information content (AvgIpc) is 3.23. The molecule has 3 rings (SSSR count). The Morgan fingerprint density at radius 1 is 1.33 bits per heavy atom. The Morgan fingerprint density at radius 3 is 2.88 bits per heavy atom. The molecule has 2 aromatic rings. The molecule has 2 atom stereocenters. The van der Waals surface area contributed by atoms with Gasteiger partial charge in [-0.25, -0.2) is 9.97 Å². The largest absolute Gasteiger partial charge is 0.352 e. The Balaban J connectivity index is 0.00000144. The van der Waals surface area contributed by atoms with Gasteiger partial charge in [0.25, 0.3) is 0 Å². The van der Waals surface area contributed by atoms with Gasteiger partial charge >= 0.3 is 0 Å². The SMILES string of the molecule is Cl.Cl.NC[C@H]1CCC[C@H]1C(=O)NCc1cccnc1-n1ccnc1. The smallest absolute Gasteiger partial charge is 0.223 e. The number of pyridine rings is 1. The second kappa shape index (κ2) is 9.61. The first-order valence-electron chi connectivity index (χ1n) is 7.69. The predicted octanol–water partition coefficient (Wildman–Crippen LogP) is 2.10. The van der Waals surface area contributed by atoms with E-state index < -0.39 is 0 Å². The molecule has 0 unspecified atom stereocenters. The van der Waals surface area contributed by atoms with Crippen LogP contribution in [0.4, 0.5) is 0 Å². The van der Waals surface area contributed by atoms with Gasteiger partial charge in [-0.2, -0.15) is 0 Å². The second-order valence-electron chi connectivity index (χ2n) is 5.71. The van der Waals surface area contributed by atoms with E-state index in [1.54, 1.807) is 18.7 Å². The molecule has 1 saturated carbocycles. The molecule has 0 aliphatic heterocycles. The molecule has 0 saturated heterocycles. The molecule has 0 radical (unpaired) electrons. The van der Waals surface area contributed by atoms with Crippen LogP contribution in [0.5, 0.6) is 0 Å². The fourth-order valence-electron chi connectivity index (χ4n) is 3.16. The molecule has 3 N–H and O–H groups in total. The van der Waals surface area contributed by atoms with Crippen molar-refractivity contribution in [2.75, 3.05) is 6.54 Å². The maximum atomic E-state index is 12.4. The Kier molecular flexibility index (Phi) is 8.18. The van der Waals surface area contributed by atoms with E-state index in [1.807, 2.05) is 22.9 Å². The molecule has 1 amide bonds. The highest BCUT2D eigenvalue weighted by Gasteiger charge is 2.31. The summed E-state index contributed by atoms with van der Waals surface area (Å²) in [4.78, 5) is 20.8. The summed E-state index contributed by atoms with van der Waals surface area (Å²) in [5.41, 5.74) is 6.73. The number of halogens is 2. The molecule has 2 heterocycles. The summed E-state index contributed by atoms with van der Waals surface area (Å²) >= 11 is 0. The van der Waals surface area contributed by atoms with E-state index >= 15 is 0 Å².